The predicted molar refractivity (Wildman–Crippen MR) is 137 cm³/mol. The van der Waals surface area contributed by atoms with Crippen molar-refractivity contribution in [2.24, 2.45) is 5.41 Å². The van der Waals surface area contributed by atoms with E-state index in [2.05, 4.69) is 33.9 Å². The number of aromatic amines is 1. The average Bonchev–Trinajstić information content (AvgIpc) is 3.41. The summed E-state index contributed by atoms with van der Waals surface area (Å²) in [6.07, 6.45) is 3.32. The highest BCUT2D eigenvalue weighted by Gasteiger charge is 2.45. The molecular formula is C28H33F3N4O2. The van der Waals surface area contributed by atoms with E-state index in [4.69, 9.17) is 4.42 Å². The Morgan fingerprint density at radius 1 is 1.19 bits per heavy atom. The van der Waals surface area contributed by atoms with E-state index in [1.165, 1.54) is 12.1 Å². The normalized spacial score (nSPS) is 23.7. The lowest BCUT2D eigenvalue weighted by Gasteiger charge is -2.44. The molecule has 3 aromatic rings. The minimum Gasteiger partial charge on any atom is -0.408 e. The number of oxazole rings is 1. The lowest BCUT2D eigenvalue weighted by atomic mass is 9.83. The number of benzene rings is 2. The zero-order chi connectivity index (χ0) is 25.9. The summed E-state index contributed by atoms with van der Waals surface area (Å²) in [5, 5.41) is 3.23. The van der Waals surface area contributed by atoms with Gasteiger partial charge in [-0.15, -0.1) is 0 Å². The smallest absolute Gasteiger partial charge is 0.408 e. The van der Waals surface area contributed by atoms with E-state index < -0.39 is 23.4 Å². The Hall–Kier alpha value is -2.78. The van der Waals surface area contributed by atoms with Gasteiger partial charge in [0.25, 0.3) is 0 Å². The first-order chi connectivity index (χ1) is 17.7. The molecule has 2 fully saturated rings. The van der Waals surface area contributed by atoms with Crippen molar-refractivity contribution in [2.75, 3.05) is 38.2 Å². The third-order valence-electron chi connectivity index (χ3n) is 8.38. The number of hydrogen-bond donors (Lipinski definition) is 2. The van der Waals surface area contributed by atoms with Crippen molar-refractivity contribution < 1.29 is 17.6 Å². The molecule has 2 N–H and O–H groups in total. The molecule has 2 aliphatic heterocycles. The summed E-state index contributed by atoms with van der Waals surface area (Å²) in [6.45, 7) is 6.83. The highest BCUT2D eigenvalue weighted by atomic mass is 19.1. The number of fused-ring (bicyclic) bond motifs is 3. The highest BCUT2D eigenvalue weighted by molar-refractivity contribution is 5.78. The van der Waals surface area contributed by atoms with Crippen LogP contribution in [0.4, 0.5) is 18.9 Å². The molecule has 9 heteroatoms. The summed E-state index contributed by atoms with van der Waals surface area (Å²) in [5.41, 5.74) is 3.25. The number of halogens is 3. The number of alkyl halides is 1. The number of likely N-dealkylation sites (tertiary alicyclic amines) is 1. The maximum absolute atomic E-state index is 15.8. The van der Waals surface area contributed by atoms with Crippen molar-refractivity contribution in [3.63, 3.8) is 0 Å². The van der Waals surface area contributed by atoms with Gasteiger partial charge in [0.1, 0.15) is 11.6 Å². The molecule has 1 saturated heterocycles. The Labute approximate surface area is 213 Å². The zero-order valence-electron chi connectivity index (χ0n) is 21.3. The third-order valence-corrected chi connectivity index (χ3v) is 8.38. The summed E-state index contributed by atoms with van der Waals surface area (Å²) >= 11 is 0. The number of anilines is 1. The van der Waals surface area contributed by atoms with Gasteiger partial charge < -0.3 is 9.73 Å². The zero-order valence-corrected chi connectivity index (χ0v) is 21.3. The van der Waals surface area contributed by atoms with Gasteiger partial charge in [-0.3, -0.25) is 19.2 Å². The molecular weight excluding hydrogens is 481 g/mol. The molecule has 6 nitrogen and oxygen atoms in total. The van der Waals surface area contributed by atoms with Crippen LogP contribution in [-0.2, 0) is 6.42 Å². The monoisotopic (exact) mass is 514 g/mol. The molecule has 198 valence electrons. The topological polar surface area (TPSA) is 64.5 Å². The number of aromatic nitrogens is 1. The second-order valence-electron chi connectivity index (χ2n) is 11.5. The van der Waals surface area contributed by atoms with Crippen molar-refractivity contribution in [1.82, 2.24) is 14.8 Å². The van der Waals surface area contributed by atoms with Crippen molar-refractivity contribution >= 4 is 16.8 Å². The van der Waals surface area contributed by atoms with Gasteiger partial charge in [-0.05, 0) is 61.8 Å². The third kappa shape index (κ3) is 4.56. The van der Waals surface area contributed by atoms with E-state index in [1.807, 2.05) is 6.07 Å². The Morgan fingerprint density at radius 2 is 1.92 bits per heavy atom. The summed E-state index contributed by atoms with van der Waals surface area (Å²) in [5.74, 6) is -1.72. The summed E-state index contributed by atoms with van der Waals surface area (Å²) in [4.78, 5) is 19.0. The first kappa shape index (κ1) is 24.6. The van der Waals surface area contributed by atoms with E-state index in [1.54, 1.807) is 6.07 Å². The predicted octanol–water partition coefficient (Wildman–Crippen LogP) is 4.99. The summed E-state index contributed by atoms with van der Waals surface area (Å²) in [7, 11) is 0. The Kier molecular flexibility index (Phi) is 6.11. The average molecular weight is 515 g/mol. The maximum Gasteiger partial charge on any atom is 0.417 e. The van der Waals surface area contributed by atoms with Crippen LogP contribution in [0.3, 0.4) is 0 Å². The molecule has 0 radical (unpaired) electrons. The fourth-order valence-corrected chi connectivity index (χ4v) is 6.07. The van der Waals surface area contributed by atoms with Crippen LogP contribution in [0, 0.1) is 17.0 Å². The first-order valence-electron chi connectivity index (χ1n) is 13.2. The Balaban J connectivity index is 1.36. The Morgan fingerprint density at radius 3 is 2.59 bits per heavy atom. The van der Waals surface area contributed by atoms with Crippen molar-refractivity contribution in [1.29, 1.82) is 0 Å². The van der Waals surface area contributed by atoms with E-state index >= 15 is 8.78 Å². The van der Waals surface area contributed by atoms with Gasteiger partial charge in [0, 0.05) is 49.0 Å². The van der Waals surface area contributed by atoms with E-state index in [0.29, 0.717) is 36.2 Å². The number of H-pyrrole nitrogens is 1. The highest BCUT2D eigenvalue weighted by Crippen LogP contribution is 2.50. The van der Waals surface area contributed by atoms with Gasteiger partial charge in [0.05, 0.1) is 24.3 Å². The molecule has 0 bridgehead atoms. The minimum atomic E-state index is -0.630. The second kappa shape index (κ2) is 9.20. The van der Waals surface area contributed by atoms with Crippen LogP contribution in [0.15, 0.2) is 33.5 Å². The molecule has 1 aliphatic carbocycles. The minimum absolute atomic E-state index is 0.00242. The van der Waals surface area contributed by atoms with Crippen LogP contribution < -0.4 is 11.1 Å². The van der Waals surface area contributed by atoms with Crippen molar-refractivity contribution in [3.05, 3.63) is 63.1 Å². The summed E-state index contributed by atoms with van der Waals surface area (Å²) < 4.78 is 49.5. The molecule has 3 aliphatic rings. The van der Waals surface area contributed by atoms with Crippen LogP contribution in [0.2, 0.25) is 0 Å². The lowest BCUT2D eigenvalue weighted by molar-refractivity contribution is 0.118. The molecule has 3 heterocycles. The summed E-state index contributed by atoms with van der Waals surface area (Å²) in [6, 6.07) is 5.85. The standard InChI is InChI=1S/C28H33F3N4O2/c1-16-10-20-19(4-5-23-26(20)37-27(36)33-23)25(35(16)15-28(2)6-7-28)24-21(30)11-17(12-22(24)31)32-18-13-34(14-18)9-3-8-29/h4-5,11-12,16,18,25,32H,3,6-10,13-15H2,1-2H3,(H,33,36)/t16-,25+/m1/s1. The second-order valence-corrected chi connectivity index (χ2v) is 11.5. The molecule has 2 aromatic carbocycles. The maximum atomic E-state index is 15.8. The SMILES string of the molecule is C[C@@H]1Cc2c(ccc3[nH]c(=O)oc23)[C@@H](c2c(F)cc(NC3CN(CCCF)C3)cc2F)N1CC1(C)CC1. The van der Waals surface area contributed by atoms with Crippen molar-refractivity contribution in [2.45, 2.75) is 57.7 Å². The molecule has 1 saturated carbocycles. The van der Waals surface area contributed by atoms with Crippen LogP contribution in [0.5, 0.6) is 0 Å². The molecule has 0 unspecified atom stereocenters. The largest absolute Gasteiger partial charge is 0.417 e. The number of hydrogen-bond acceptors (Lipinski definition) is 5. The quantitative estimate of drug-likeness (QED) is 0.444. The van der Waals surface area contributed by atoms with Gasteiger partial charge in [-0.1, -0.05) is 13.0 Å². The van der Waals surface area contributed by atoms with E-state index in [9.17, 15) is 9.18 Å². The lowest BCUT2D eigenvalue weighted by Crippen LogP contribution is -2.54. The van der Waals surface area contributed by atoms with Crippen molar-refractivity contribution in [3.8, 4) is 0 Å². The van der Waals surface area contributed by atoms with E-state index in [0.717, 1.165) is 43.6 Å². The van der Waals surface area contributed by atoms with Crippen LogP contribution in [0.1, 0.15) is 55.8 Å². The Bertz CT molecular complexity index is 1350. The van der Waals surface area contributed by atoms with Gasteiger partial charge in [0.15, 0.2) is 5.58 Å². The van der Waals surface area contributed by atoms with Gasteiger partial charge >= 0.3 is 5.76 Å². The fraction of sp³-hybridized carbons (Fsp3) is 0.536. The van der Waals surface area contributed by atoms with Gasteiger partial charge in [-0.2, -0.15) is 0 Å². The van der Waals surface area contributed by atoms with Crippen LogP contribution >= 0.6 is 0 Å². The number of rotatable bonds is 8. The number of nitrogens with one attached hydrogen (secondary N) is 2. The molecule has 37 heavy (non-hydrogen) atoms. The molecule has 0 spiro atoms. The first-order valence-corrected chi connectivity index (χ1v) is 13.2. The molecule has 1 aromatic heterocycles. The van der Waals surface area contributed by atoms with Crippen LogP contribution in [-0.4, -0.2) is 59.7 Å². The van der Waals surface area contributed by atoms with Gasteiger partial charge in [-0.25, -0.2) is 13.6 Å². The van der Waals surface area contributed by atoms with Crippen LogP contribution in [0.25, 0.3) is 11.1 Å². The number of nitrogens with zero attached hydrogens (tertiary/aromatic N) is 2. The van der Waals surface area contributed by atoms with Gasteiger partial charge in [0.2, 0.25) is 0 Å². The van der Waals surface area contributed by atoms with E-state index in [-0.39, 0.29) is 29.7 Å². The molecule has 0 amide bonds. The molecule has 6 rings (SSSR count). The fourth-order valence-electron chi connectivity index (χ4n) is 6.07. The molecule has 2 atom stereocenters.